The summed E-state index contributed by atoms with van der Waals surface area (Å²) < 4.78 is 15.7. The Bertz CT molecular complexity index is 1320. The van der Waals surface area contributed by atoms with Gasteiger partial charge in [0, 0.05) is 69.0 Å². The van der Waals surface area contributed by atoms with Crippen molar-refractivity contribution in [3.8, 4) is 5.75 Å². The van der Waals surface area contributed by atoms with E-state index in [1.165, 1.54) is 13.3 Å². The molecule has 2 aromatic carbocycles. The standard InChI is InChI=1S/C28H33N5O5/c1-36-17-23(34)14-30-12-22(11-29)18-4-5-20-13-31-27(10-21(20)8-18)32-25-7-6-19(9-26(25)38-3)28(35)33-15-24(16-33)37-2/h4-13,23-24,29-30,34H,14-17H2,1-3H3,(H,31,32)/b22-12+,29-11?. The monoisotopic (exact) mass is 519 g/mol. The van der Waals surface area contributed by atoms with Gasteiger partial charge in [0.25, 0.3) is 5.91 Å². The number of likely N-dealkylation sites (tertiary alicyclic amines) is 1. The molecule has 1 unspecified atom stereocenters. The van der Waals surface area contributed by atoms with E-state index < -0.39 is 6.10 Å². The fourth-order valence-electron chi connectivity index (χ4n) is 4.15. The van der Waals surface area contributed by atoms with Gasteiger partial charge in [-0.3, -0.25) is 4.79 Å². The molecule has 4 rings (SSSR count). The third-order valence-corrected chi connectivity index (χ3v) is 6.36. The number of pyridine rings is 1. The van der Waals surface area contributed by atoms with Crippen LogP contribution >= 0.6 is 0 Å². The van der Waals surface area contributed by atoms with Gasteiger partial charge >= 0.3 is 0 Å². The average Bonchev–Trinajstić information content (AvgIpc) is 2.90. The Balaban J connectivity index is 1.50. The van der Waals surface area contributed by atoms with Crippen LogP contribution in [-0.2, 0) is 9.47 Å². The summed E-state index contributed by atoms with van der Waals surface area (Å²) in [6.45, 7) is 1.72. The van der Waals surface area contributed by atoms with Gasteiger partial charge in [-0.1, -0.05) is 12.1 Å². The molecule has 3 aromatic rings. The second-order valence-electron chi connectivity index (χ2n) is 9.00. The fourth-order valence-corrected chi connectivity index (χ4v) is 4.15. The van der Waals surface area contributed by atoms with Gasteiger partial charge in [0.2, 0.25) is 0 Å². The largest absolute Gasteiger partial charge is 0.495 e. The van der Waals surface area contributed by atoms with Crippen LogP contribution in [0.1, 0.15) is 15.9 Å². The van der Waals surface area contributed by atoms with Crippen molar-refractivity contribution in [1.29, 1.82) is 5.41 Å². The summed E-state index contributed by atoms with van der Waals surface area (Å²) in [5, 5.41) is 25.8. The molecule has 0 spiro atoms. The molecule has 0 bridgehead atoms. The van der Waals surface area contributed by atoms with E-state index in [2.05, 4.69) is 15.6 Å². The topological polar surface area (TPSA) is 129 Å². The van der Waals surface area contributed by atoms with E-state index >= 15 is 0 Å². The lowest BCUT2D eigenvalue weighted by molar-refractivity contribution is -0.0192. The SMILES string of the molecule is COCC(O)CN/C=C(\C=N)c1ccc2cnc(Nc3ccc(C(=O)N4CC(OC)C4)cc3OC)cc2c1. The maximum atomic E-state index is 12.8. The number of ether oxygens (including phenoxy) is 3. The first-order chi connectivity index (χ1) is 18.4. The van der Waals surface area contributed by atoms with Crippen molar-refractivity contribution in [3.63, 3.8) is 0 Å². The van der Waals surface area contributed by atoms with Crippen molar-refractivity contribution in [1.82, 2.24) is 15.2 Å². The maximum absolute atomic E-state index is 12.8. The van der Waals surface area contributed by atoms with Crippen LogP contribution in [0.25, 0.3) is 16.3 Å². The molecule has 0 aliphatic carbocycles. The number of nitrogens with zero attached hydrogens (tertiary/aromatic N) is 2. The number of nitrogens with one attached hydrogen (secondary N) is 3. The lowest BCUT2D eigenvalue weighted by Crippen LogP contribution is -2.54. The highest BCUT2D eigenvalue weighted by Crippen LogP contribution is 2.30. The van der Waals surface area contributed by atoms with Crippen LogP contribution in [0.5, 0.6) is 5.75 Å². The minimum Gasteiger partial charge on any atom is -0.495 e. The highest BCUT2D eigenvalue weighted by molar-refractivity contribution is 6.09. The van der Waals surface area contributed by atoms with E-state index in [1.54, 1.807) is 43.6 Å². The summed E-state index contributed by atoms with van der Waals surface area (Å²) in [6, 6.07) is 13.1. The predicted octanol–water partition coefficient (Wildman–Crippen LogP) is 3.05. The second kappa shape index (κ2) is 12.5. The number of carbonyl (C=O) groups is 1. The van der Waals surface area contributed by atoms with Crippen molar-refractivity contribution in [2.45, 2.75) is 12.2 Å². The van der Waals surface area contributed by atoms with Crippen LogP contribution < -0.4 is 15.4 Å². The summed E-state index contributed by atoms with van der Waals surface area (Å²) >= 11 is 0. The van der Waals surface area contributed by atoms with Crippen molar-refractivity contribution in [3.05, 3.63) is 66.0 Å². The third kappa shape index (κ3) is 6.28. The minimum absolute atomic E-state index is 0.0581. The zero-order chi connectivity index (χ0) is 27.1. The number of fused-ring (bicyclic) bond motifs is 1. The molecule has 4 N–H and O–H groups in total. The first-order valence-corrected chi connectivity index (χ1v) is 12.2. The zero-order valence-electron chi connectivity index (χ0n) is 21.7. The van der Waals surface area contributed by atoms with Crippen molar-refractivity contribution >= 4 is 40.0 Å². The molecule has 10 heteroatoms. The van der Waals surface area contributed by atoms with Gasteiger partial charge in [0.1, 0.15) is 11.6 Å². The van der Waals surface area contributed by atoms with Gasteiger partial charge in [-0.15, -0.1) is 0 Å². The van der Waals surface area contributed by atoms with Gasteiger partial charge in [-0.05, 0) is 41.3 Å². The van der Waals surface area contributed by atoms with E-state index in [9.17, 15) is 9.90 Å². The molecule has 1 amide bonds. The molecule has 2 heterocycles. The van der Waals surface area contributed by atoms with E-state index in [0.29, 0.717) is 48.0 Å². The molecule has 1 fully saturated rings. The Morgan fingerprint density at radius 3 is 2.66 bits per heavy atom. The molecule has 1 aliphatic heterocycles. The lowest BCUT2D eigenvalue weighted by Gasteiger charge is -2.38. The van der Waals surface area contributed by atoms with E-state index in [0.717, 1.165) is 16.3 Å². The zero-order valence-corrected chi connectivity index (χ0v) is 21.7. The van der Waals surface area contributed by atoms with Crippen LogP contribution in [0.4, 0.5) is 11.5 Å². The predicted molar refractivity (Wildman–Crippen MR) is 147 cm³/mol. The van der Waals surface area contributed by atoms with Gasteiger partial charge in [-0.25, -0.2) is 4.98 Å². The van der Waals surface area contributed by atoms with Crippen LogP contribution in [0.2, 0.25) is 0 Å². The highest BCUT2D eigenvalue weighted by atomic mass is 16.5. The minimum atomic E-state index is -0.637. The Kier molecular flexibility index (Phi) is 8.90. The summed E-state index contributed by atoms with van der Waals surface area (Å²) in [7, 11) is 4.75. The number of hydrogen-bond acceptors (Lipinski definition) is 9. The normalized spacial score (nSPS) is 14.6. The quantitative estimate of drug-likeness (QED) is 0.269. The van der Waals surface area contributed by atoms with Gasteiger partial charge in [0.15, 0.2) is 0 Å². The number of aromatic nitrogens is 1. The number of aliphatic hydroxyl groups excluding tert-OH is 1. The molecular weight excluding hydrogens is 486 g/mol. The van der Waals surface area contributed by atoms with Crippen LogP contribution in [0.15, 0.2) is 54.9 Å². The van der Waals surface area contributed by atoms with E-state index in [4.69, 9.17) is 19.6 Å². The number of amides is 1. The van der Waals surface area contributed by atoms with E-state index in [-0.39, 0.29) is 18.6 Å². The van der Waals surface area contributed by atoms with Gasteiger partial charge in [-0.2, -0.15) is 0 Å². The van der Waals surface area contributed by atoms with Crippen molar-refractivity contribution in [2.24, 2.45) is 0 Å². The van der Waals surface area contributed by atoms with Crippen LogP contribution in [0, 0.1) is 5.41 Å². The third-order valence-electron chi connectivity index (χ3n) is 6.36. The first-order valence-electron chi connectivity index (χ1n) is 12.2. The highest BCUT2D eigenvalue weighted by Gasteiger charge is 2.31. The Morgan fingerprint density at radius 2 is 1.95 bits per heavy atom. The average molecular weight is 520 g/mol. The number of rotatable bonds is 12. The number of hydrogen-bond donors (Lipinski definition) is 4. The first kappa shape index (κ1) is 27.1. The van der Waals surface area contributed by atoms with Crippen molar-refractivity contribution < 1.29 is 24.1 Å². The number of allylic oxidation sites excluding steroid dienone is 1. The number of benzene rings is 2. The van der Waals surface area contributed by atoms with Crippen molar-refractivity contribution in [2.75, 3.05) is 52.9 Å². The molecule has 200 valence electrons. The lowest BCUT2D eigenvalue weighted by atomic mass is 10.0. The molecule has 0 radical (unpaired) electrons. The molecule has 10 nitrogen and oxygen atoms in total. The number of aliphatic hydroxyl groups is 1. The van der Waals surface area contributed by atoms with Crippen LogP contribution in [-0.4, -0.2) is 86.9 Å². The van der Waals surface area contributed by atoms with Gasteiger partial charge < -0.3 is 40.3 Å². The number of methoxy groups -OCH3 is 3. The Hall–Kier alpha value is -3.99. The Labute approximate surface area is 221 Å². The number of carbonyl (C=O) groups excluding carboxylic acids is 1. The summed E-state index contributed by atoms with van der Waals surface area (Å²) in [6.07, 6.45) is 4.20. The second-order valence-corrected chi connectivity index (χ2v) is 9.00. The van der Waals surface area contributed by atoms with Gasteiger partial charge in [0.05, 0.1) is 31.6 Å². The summed E-state index contributed by atoms with van der Waals surface area (Å²) in [4.78, 5) is 19.0. The molecule has 0 saturated carbocycles. The molecular formula is C28H33N5O5. The molecule has 1 atom stereocenters. The molecule has 1 saturated heterocycles. The van der Waals surface area contributed by atoms with Crippen LogP contribution in [0.3, 0.4) is 0 Å². The maximum Gasteiger partial charge on any atom is 0.254 e. The molecule has 1 aliphatic rings. The summed E-state index contributed by atoms with van der Waals surface area (Å²) in [5.41, 5.74) is 2.75. The van der Waals surface area contributed by atoms with E-state index in [1.807, 2.05) is 30.3 Å². The molecule has 1 aromatic heterocycles. The Morgan fingerprint density at radius 1 is 1.16 bits per heavy atom. The molecule has 38 heavy (non-hydrogen) atoms. The summed E-state index contributed by atoms with van der Waals surface area (Å²) in [5.74, 6) is 1.09. The smallest absolute Gasteiger partial charge is 0.254 e. The fraction of sp³-hybridized carbons (Fsp3) is 0.321. The number of anilines is 2.